The van der Waals surface area contributed by atoms with Crippen LogP contribution in [0.25, 0.3) is 0 Å². The molecule has 2 aromatic rings. The number of ketones is 1. The van der Waals surface area contributed by atoms with Crippen molar-refractivity contribution in [3.63, 3.8) is 0 Å². The predicted octanol–water partition coefficient (Wildman–Crippen LogP) is 0.914. The summed E-state index contributed by atoms with van der Waals surface area (Å²) in [5.41, 5.74) is 6.71. The van der Waals surface area contributed by atoms with Crippen LogP contribution in [-0.4, -0.2) is 17.6 Å². The van der Waals surface area contributed by atoms with E-state index in [0.717, 1.165) is 0 Å². The van der Waals surface area contributed by atoms with E-state index >= 15 is 0 Å². The maximum Gasteiger partial charge on any atom is 0.290 e. The van der Waals surface area contributed by atoms with Gasteiger partial charge in [-0.15, -0.1) is 0 Å². The summed E-state index contributed by atoms with van der Waals surface area (Å²) in [6.45, 7) is 1.53. The van der Waals surface area contributed by atoms with Crippen LogP contribution in [-0.2, 0) is 11.3 Å². The number of nitrogens with zero attached hydrogens (tertiary/aromatic N) is 1. The lowest BCUT2D eigenvalue weighted by Gasteiger charge is -2.04. The number of rotatable bonds is 5. The van der Waals surface area contributed by atoms with E-state index in [1.807, 2.05) is 0 Å². The largest absolute Gasteiger partial charge is 0.365 e. The number of nitrogens with one attached hydrogen (secondary N) is 1. The number of carbonyl (C=O) groups is 3. The molecule has 3 N–H and O–H groups in total. The molecule has 0 fully saturated rings. The third kappa shape index (κ3) is 3.99. The number of anilines is 1. The molecule has 112 valence electrons. The van der Waals surface area contributed by atoms with Crippen LogP contribution in [0.5, 0.6) is 0 Å². The van der Waals surface area contributed by atoms with Gasteiger partial charge in [0.05, 0.1) is 0 Å². The highest BCUT2D eigenvalue weighted by Gasteiger charge is 2.12. The van der Waals surface area contributed by atoms with Crippen molar-refractivity contribution in [2.75, 3.05) is 5.32 Å². The first kappa shape index (κ1) is 15.4. The van der Waals surface area contributed by atoms with Crippen molar-refractivity contribution in [1.29, 1.82) is 0 Å². The highest BCUT2D eigenvalue weighted by Crippen LogP contribution is 2.09. The molecule has 0 atom stereocenters. The summed E-state index contributed by atoms with van der Waals surface area (Å²) < 4.78 is 1.57. The molecule has 2 rings (SSSR count). The van der Waals surface area contributed by atoms with Crippen LogP contribution in [0.3, 0.4) is 0 Å². The molecule has 2 amide bonds. The number of benzene rings is 1. The molecule has 1 aromatic carbocycles. The number of hydrogen-bond acceptors (Lipinski definition) is 3. The highest BCUT2D eigenvalue weighted by atomic mass is 16.2. The Balaban J connectivity index is 2.02. The quantitative estimate of drug-likeness (QED) is 0.635. The Bertz CT molecular complexity index is 724. The van der Waals surface area contributed by atoms with Gasteiger partial charge >= 0.3 is 0 Å². The fraction of sp³-hybridized carbons (Fsp3) is 0.125. The van der Waals surface area contributed by atoms with E-state index in [-0.39, 0.29) is 18.2 Å². The third-order valence-corrected chi connectivity index (χ3v) is 3.04. The molecular weight excluding hydrogens is 282 g/mol. The normalized spacial score (nSPS) is 10.0. The average molecular weight is 298 g/mol. The lowest BCUT2D eigenvalue weighted by atomic mass is 10.1. The summed E-state index contributed by atoms with van der Waals surface area (Å²) >= 11 is 0. The molecule has 1 aromatic heterocycles. The van der Waals surface area contributed by atoms with E-state index in [2.05, 4.69) is 5.32 Å². The minimum absolute atomic E-state index is 0.0308. The predicted molar refractivity (Wildman–Crippen MR) is 80.2 cm³/mol. The van der Waals surface area contributed by atoms with Gasteiger partial charge in [0.15, 0.2) is 18.2 Å². The fourth-order valence-electron chi connectivity index (χ4n) is 1.92. The number of carbonyl (C=O) groups excluding carboxylic acids is 3. The SMILES string of the molecule is CC(=O)c1ccc(NC(=O)C[n+]2cccc(C(N)=O)c2)cc1. The van der Waals surface area contributed by atoms with Crippen LogP contribution in [0, 0.1) is 0 Å². The zero-order valence-corrected chi connectivity index (χ0v) is 12.1. The lowest BCUT2D eigenvalue weighted by molar-refractivity contribution is -0.684. The van der Waals surface area contributed by atoms with E-state index in [9.17, 15) is 14.4 Å². The number of aromatic nitrogens is 1. The van der Waals surface area contributed by atoms with E-state index in [1.54, 1.807) is 47.2 Å². The number of nitrogens with two attached hydrogens (primary N) is 1. The Morgan fingerprint density at radius 1 is 1.09 bits per heavy atom. The van der Waals surface area contributed by atoms with Gasteiger partial charge < -0.3 is 11.1 Å². The topological polar surface area (TPSA) is 93.1 Å². The van der Waals surface area contributed by atoms with Crippen LogP contribution < -0.4 is 15.6 Å². The summed E-state index contributed by atoms with van der Waals surface area (Å²) in [4.78, 5) is 34.2. The standard InChI is InChI=1S/C16H15N3O3/c1-11(20)12-4-6-14(7-5-12)18-15(21)10-19-8-2-3-13(9-19)16(17)22/h2-9H,10H2,1H3,(H2-,17,18,20,21,22)/p+1. The summed E-state index contributed by atoms with van der Waals surface area (Å²) in [6.07, 6.45) is 3.19. The van der Waals surface area contributed by atoms with E-state index < -0.39 is 5.91 Å². The highest BCUT2D eigenvalue weighted by molar-refractivity contribution is 5.95. The van der Waals surface area contributed by atoms with Crippen LogP contribution >= 0.6 is 0 Å². The molecule has 6 heteroatoms. The summed E-state index contributed by atoms with van der Waals surface area (Å²) in [5.74, 6) is -0.825. The van der Waals surface area contributed by atoms with Crippen molar-refractivity contribution in [2.45, 2.75) is 13.5 Å². The van der Waals surface area contributed by atoms with Gasteiger partial charge in [-0.25, -0.2) is 0 Å². The molecule has 0 saturated heterocycles. The van der Waals surface area contributed by atoms with E-state index in [1.165, 1.54) is 13.1 Å². The molecule has 6 nitrogen and oxygen atoms in total. The molecule has 0 spiro atoms. The molecule has 0 aliphatic carbocycles. The second kappa shape index (κ2) is 6.62. The lowest BCUT2D eigenvalue weighted by Crippen LogP contribution is -2.40. The van der Waals surface area contributed by atoms with Crippen LogP contribution in [0.4, 0.5) is 5.69 Å². The summed E-state index contributed by atoms with van der Waals surface area (Å²) in [6, 6.07) is 9.86. The molecule has 0 unspecified atom stereocenters. The Labute approximate surface area is 127 Å². The van der Waals surface area contributed by atoms with Gasteiger partial charge in [-0.3, -0.25) is 14.4 Å². The molecule has 0 saturated carbocycles. The molecule has 0 aliphatic heterocycles. The molecule has 0 radical (unpaired) electrons. The molecule has 1 heterocycles. The Morgan fingerprint density at radius 3 is 2.36 bits per heavy atom. The van der Waals surface area contributed by atoms with Crippen LogP contribution in [0.15, 0.2) is 48.8 Å². The van der Waals surface area contributed by atoms with Crippen molar-refractivity contribution in [1.82, 2.24) is 0 Å². The van der Waals surface area contributed by atoms with Gasteiger partial charge in [0, 0.05) is 17.3 Å². The summed E-state index contributed by atoms with van der Waals surface area (Å²) in [7, 11) is 0. The van der Waals surface area contributed by atoms with E-state index in [0.29, 0.717) is 16.8 Å². The van der Waals surface area contributed by atoms with E-state index in [4.69, 9.17) is 5.73 Å². The monoisotopic (exact) mass is 298 g/mol. The third-order valence-electron chi connectivity index (χ3n) is 3.04. The zero-order valence-electron chi connectivity index (χ0n) is 12.1. The van der Waals surface area contributed by atoms with Gasteiger partial charge in [0.1, 0.15) is 5.56 Å². The number of Topliss-reactive ketones (excluding diaryl/α,β-unsaturated/α-hetero) is 1. The van der Waals surface area contributed by atoms with Crippen LogP contribution in [0.1, 0.15) is 27.6 Å². The maximum atomic E-state index is 12.0. The Morgan fingerprint density at radius 2 is 1.77 bits per heavy atom. The van der Waals surface area contributed by atoms with Gasteiger partial charge in [0.2, 0.25) is 6.54 Å². The molecule has 0 bridgehead atoms. The van der Waals surface area contributed by atoms with Crippen molar-refractivity contribution in [3.05, 3.63) is 59.9 Å². The number of amides is 2. The first-order valence-electron chi connectivity index (χ1n) is 6.65. The Kier molecular flexibility index (Phi) is 4.63. The minimum Gasteiger partial charge on any atom is -0.365 e. The molecular formula is C16H16N3O3+. The van der Waals surface area contributed by atoms with Gasteiger partial charge in [-0.2, -0.15) is 4.57 Å². The summed E-state index contributed by atoms with van der Waals surface area (Å²) in [5, 5.41) is 2.72. The van der Waals surface area contributed by atoms with Crippen molar-refractivity contribution < 1.29 is 19.0 Å². The number of pyridine rings is 1. The molecule has 0 aliphatic rings. The second-order valence-electron chi connectivity index (χ2n) is 4.81. The minimum atomic E-state index is -0.547. The maximum absolute atomic E-state index is 12.0. The molecule has 22 heavy (non-hydrogen) atoms. The average Bonchev–Trinajstić information content (AvgIpc) is 2.47. The smallest absolute Gasteiger partial charge is 0.290 e. The zero-order chi connectivity index (χ0) is 16.1. The van der Waals surface area contributed by atoms with Gasteiger partial charge in [0.25, 0.3) is 11.8 Å². The van der Waals surface area contributed by atoms with Crippen molar-refractivity contribution in [2.24, 2.45) is 5.73 Å². The number of hydrogen-bond donors (Lipinski definition) is 2. The fourth-order valence-corrected chi connectivity index (χ4v) is 1.92. The second-order valence-corrected chi connectivity index (χ2v) is 4.81. The van der Waals surface area contributed by atoms with Crippen molar-refractivity contribution >= 4 is 23.3 Å². The number of primary amides is 1. The van der Waals surface area contributed by atoms with Gasteiger partial charge in [-0.05, 0) is 37.3 Å². The van der Waals surface area contributed by atoms with Crippen molar-refractivity contribution in [3.8, 4) is 0 Å². The first-order chi connectivity index (χ1) is 10.5. The Hall–Kier alpha value is -3.02. The van der Waals surface area contributed by atoms with Crippen LogP contribution in [0.2, 0.25) is 0 Å². The first-order valence-corrected chi connectivity index (χ1v) is 6.65. The van der Waals surface area contributed by atoms with Gasteiger partial charge in [-0.1, -0.05) is 0 Å².